The highest BCUT2D eigenvalue weighted by molar-refractivity contribution is 6.00. The lowest BCUT2D eigenvalue weighted by molar-refractivity contribution is -0.283. The molecule has 0 aromatic heterocycles. The summed E-state index contributed by atoms with van der Waals surface area (Å²) in [6.07, 6.45) is 61.0. The average Bonchev–Trinajstić information content (AvgIpc) is 1.53. The van der Waals surface area contributed by atoms with Gasteiger partial charge in [-0.2, -0.15) is 0 Å². The second-order valence-electron chi connectivity index (χ2n) is 37.3. The van der Waals surface area contributed by atoms with Crippen LogP contribution in [-0.2, 0) is 26.3 Å². The third-order valence-electron chi connectivity index (χ3n) is 34.8. The Balaban J connectivity index is 0.819. The number of ether oxygens (including phenoxy) is 2. The SMILES string of the molecule is C[C@H]1C/C=C/C2=C\[C@H]3C4=C5CC[C@@]67/C(=C(\O)C[C@H]([C@]89C=C[C@H]%10CCC[C@]%10%11CCC[C@@]%11(C8)C8(CCCC8)C9)N8C[C@H]9C[C@@H](C8)[C@@H]8CCC%10=C([C@@H]5[C@@H]5[C@H](CC=C[C@H]53)C%10)N8C9)OC(=O)[C@@]46[C@H](C[C@H]2[C@H]2CCC[C@@]3(CC[C@@H]4[C@H](C=C[C@@H]43)C1)C2)[C@@]71OC(=O)c2c(CCCN)cccc21. The normalized spacial score (nSPS) is 53.4. The number of carbonyl (C=O) groups excluding carboxylic acids is 2. The zero-order valence-corrected chi connectivity index (χ0v) is 56.0. The van der Waals surface area contributed by atoms with E-state index in [0.29, 0.717) is 124 Å². The lowest BCUT2D eigenvalue weighted by atomic mass is 9.26. The number of hydrogen-bond donors (Lipinski definition) is 2. The summed E-state index contributed by atoms with van der Waals surface area (Å²) in [6.45, 7) is 6.35. The third kappa shape index (κ3) is 6.57. The van der Waals surface area contributed by atoms with Crippen LogP contribution in [0.25, 0.3) is 0 Å². The Bertz CT molecular complexity index is 3750. The number of piperidine rings is 2. The maximum atomic E-state index is 17.7. The molecule has 7 spiro atoms. The predicted molar refractivity (Wildman–Crippen MR) is 360 cm³/mol. The molecule has 24 aliphatic rings. The summed E-state index contributed by atoms with van der Waals surface area (Å²) in [7, 11) is 0. The van der Waals surface area contributed by atoms with Gasteiger partial charge in [0.05, 0.1) is 11.0 Å². The van der Waals surface area contributed by atoms with Crippen molar-refractivity contribution < 1.29 is 24.2 Å². The minimum absolute atomic E-state index is 0.0206. The molecule has 9 aliphatic heterocycles. The Kier molecular flexibility index (Phi) is 11.6. The third-order valence-corrected chi connectivity index (χ3v) is 34.8. The van der Waals surface area contributed by atoms with E-state index in [4.69, 9.17) is 15.2 Å². The standard InChI is InChI=1S/C85H105N3O5/c1-49-11-4-13-52-40-63-60-18-5-14-54-39-55-21-23-66-57-38-50-44-87(46-57)69(79-33-24-58-17-8-30-81(58)31-10-32-82(81,48-79)80(47-79)28-2-3-29-80)42-67(89)75-83-35-26-61(72(70(54)60)74(55)88(66)45-50)73(63)84(83,77(91)92-75)68(85(83)65-19-6-12-51(16-9-36-86)71(65)76(90)93-85)41-62(52)56-15-7-27-78(43-56)34-25-59-53(37-49)20-22-64(59)78/h4-6,12-13,18-20,22,24,33,40,49-50,53-54,56-60,62-64,66,68-70,72,89H,2-3,7-11,14-17,21,23,25-32,34-39,41-48,86H2,1H3/b13-4+,52-40+,75-67+/t49-,50+,53+,54+,56-,57-,58+,59+,60-,62+,63+,64-,66-,68-,69+,70+,72-,78+,79-,81-,82+,83+,84+,85+/m0/s1. The summed E-state index contributed by atoms with van der Waals surface area (Å²) >= 11 is 0. The topological polar surface area (TPSA) is 105 Å². The minimum Gasteiger partial charge on any atom is -0.509 e. The Morgan fingerprint density at radius 1 is 0.806 bits per heavy atom. The highest BCUT2D eigenvalue weighted by Crippen LogP contribution is 2.90. The first kappa shape index (κ1) is 56.6. The van der Waals surface area contributed by atoms with Crippen molar-refractivity contribution in [2.24, 2.45) is 132 Å². The van der Waals surface area contributed by atoms with Gasteiger partial charge in [0.2, 0.25) is 0 Å². The van der Waals surface area contributed by atoms with Crippen molar-refractivity contribution in [1.82, 2.24) is 9.80 Å². The predicted octanol–water partition coefficient (Wildman–Crippen LogP) is 17.1. The van der Waals surface area contributed by atoms with E-state index in [1.54, 1.807) is 16.8 Å². The van der Waals surface area contributed by atoms with Crippen LogP contribution in [0.1, 0.15) is 221 Å². The second kappa shape index (κ2) is 19.1. The van der Waals surface area contributed by atoms with Gasteiger partial charge in [-0.15, -0.1) is 0 Å². The van der Waals surface area contributed by atoms with E-state index in [9.17, 15) is 5.11 Å². The summed E-state index contributed by atoms with van der Waals surface area (Å²) in [5, 5.41) is 14.8. The van der Waals surface area contributed by atoms with Crippen molar-refractivity contribution >= 4 is 11.9 Å². The van der Waals surface area contributed by atoms with E-state index in [1.807, 2.05) is 0 Å². The molecular weight excluding hydrogens is 1140 g/mol. The van der Waals surface area contributed by atoms with Gasteiger partial charge in [0.1, 0.15) is 11.2 Å². The van der Waals surface area contributed by atoms with Crippen molar-refractivity contribution in [3.63, 3.8) is 0 Å². The first-order valence-corrected chi connectivity index (χ1v) is 39.5. The molecule has 1 unspecified atom stereocenters. The molecule has 19 bridgehead atoms. The molecule has 7 saturated carbocycles. The van der Waals surface area contributed by atoms with Crippen molar-refractivity contribution in [1.29, 1.82) is 0 Å². The number of aryl methyl sites for hydroxylation is 1. The van der Waals surface area contributed by atoms with Crippen LogP contribution in [0.15, 0.2) is 112 Å². The summed E-state index contributed by atoms with van der Waals surface area (Å²) < 4.78 is 15.6. The second-order valence-corrected chi connectivity index (χ2v) is 37.3. The van der Waals surface area contributed by atoms with Gasteiger partial charge in [0, 0.05) is 72.6 Å². The van der Waals surface area contributed by atoms with Gasteiger partial charge in [-0.25, -0.2) is 4.79 Å². The van der Waals surface area contributed by atoms with E-state index < -0.39 is 16.4 Å². The van der Waals surface area contributed by atoms with Gasteiger partial charge in [-0.3, -0.25) is 9.69 Å². The fourth-order valence-corrected chi connectivity index (χ4v) is 32.6. The number of nitrogens with zero attached hydrogens (tertiary/aromatic N) is 2. The van der Waals surface area contributed by atoms with Gasteiger partial charge in [0.15, 0.2) is 11.4 Å². The number of esters is 2. The molecule has 93 heavy (non-hydrogen) atoms. The fraction of sp³-hybridized carbons (Fsp3) is 0.718. The first-order valence-electron chi connectivity index (χ1n) is 39.5. The van der Waals surface area contributed by atoms with E-state index in [-0.39, 0.29) is 53.0 Å². The molecule has 10 fully saturated rings. The maximum Gasteiger partial charge on any atom is 0.339 e. The summed E-state index contributed by atoms with van der Waals surface area (Å²) in [4.78, 5) is 40.0. The van der Waals surface area contributed by atoms with Gasteiger partial charge >= 0.3 is 11.9 Å². The van der Waals surface area contributed by atoms with Crippen molar-refractivity contribution in [3.05, 3.63) is 129 Å². The minimum atomic E-state index is -1.23. The molecule has 9 heterocycles. The van der Waals surface area contributed by atoms with Crippen LogP contribution in [0.5, 0.6) is 0 Å². The Labute approximate surface area is 554 Å². The van der Waals surface area contributed by atoms with Crippen LogP contribution in [0, 0.1) is 127 Å². The van der Waals surface area contributed by atoms with Gasteiger partial charge in [-0.05, 0) is 276 Å². The van der Waals surface area contributed by atoms with Crippen molar-refractivity contribution in [2.75, 3.05) is 26.2 Å². The maximum absolute atomic E-state index is 17.7. The molecule has 0 amide bonds. The highest BCUT2D eigenvalue weighted by atomic mass is 16.6. The smallest absolute Gasteiger partial charge is 0.339 e. The molecule has 8 nitrogen and oxygen atoms in total. The molecule has 3 N–H and O–H groups in total. The van der Waals surface area contributed by atoms with Crippen LogP contribution in [0.4, 0.5) is 0 Å². The number of aliphatic hydroxyl groups excluding tert-OH is 1. The molecular formula is C85H105N3O5. The Morgan fingerprint density at radius 2 is 1.71 bits per heavy atom. The van der Waals surface area contributed by atoms with Crippen LogP contribution in [0.2, 0.25) is 0 Å². The molecule has 3 saturated heterocycles. The van der Waals surface area contributed by atoms with Crippen molar-refractivity contribution in [3.8, 4) is 0 Å². The lowest BCUT2D eigenvalue weighted by Crippen LogP contribution is -2.78. The lowest BCUT2D eigenvalue weighted by Gasteiger charge is -2.74. The highest BCUT2D eigenvalue weighted by Gasteiger charge is 2.94. The Hall–Kier alpha value is -4.40. The number of aliphatic hydroxyl groups is 1. The number of nitrogens with two attached hydrogens (primary N) is 1. The summed E-state index contributed by atoms with van der Waals surface area (Å²) in [6, 6.07) is 7.22. The average molecular weight is 1250 g/mol. The molecule has 0 radical (unpaired) electrons. The van der Waals surface area contributed by atoms with Crippen LogP contribution in [-0.4, -0.2) is 65.1 Å². The van der Waals surface area contributed by atoms with E-state index in [2.05, 4.69) is 89.6 Å². The molecule has 15 aliphatic carbocycles. The van der Waals surface area contributed by atoms with Gasteiger partial charge in [-0.1, -0.05) is 123 Å². The number of hydrogen-bond acceptors (Lipinski definition) is 8. The van der Waals surface area contributed by atoms with Gasteiger partial charge in [0.25, 0.3) is 0 Å². The number of fused-ring (bicyclic) bond motifs is 8. The number of benzene rings is 1. The monoisotopic (exact) mass is 1250 g/mol. The molecule has 1 aromatic carbocycles. The number of allylic oxidation sites excluding steroid dienone is 11. The van der Waals surface area contributed by atoms with Crippen LogP contribution in [0.3, 0.4) is 0 Å². The zero-order valence-electron chi connectivity index (χ0n) is 56.0. The first-order chi connectivity index (χ1) is 45.4. The fourth-order valence-electron chi connectivity index (χ4n) is 32.6. The Morgan fingerprint density at radius 3 is 2.62 bits per heavy atom. The zero-order chi connectivity index (χ0) is 61.5. The summed E-state index contributed by atoms with van der Waals surface area (Å²) in [5.41, 5.74) is 14.7. The molecule has 490 valence electrons. The van der Waals surface area contributed by atoms with Crippen LogP contribution < -0.4 is 5.73 Å². The van der Waals surface area contributed by atoms with E-state index in [1.165, 1.54) is 159 Å². The molecule has 1 aromatic rings. The molecule has 25 rings (SSSR count). The largest absolute Gasteiger partial charge is 0.509 e. The molecule has 8 heteroatoms. The number of rotatable bonds is 4. The quantitative estimate of drug-likeness (QED) is 0.227. The van der Waals surface area contributed by atoms with Gasteiger partial charge < -0.3 is 25.2 Å². The van der Waals surface area contributed by atoms with Crippen molar-refractivity contribution in [2.45, 2.75) is 224 Å². The van der Waals surface area contributed by atoms with Crippen LogP contribution >= 0.6 is 0 Å². The summed E-state index contributed by atoms with van der Waals surface area (Å²) in [5.74, 6) is 6.54. The molecule has 25 atom stereocenters. The number of carbonyl (C=O) groups is 2. The van der Waals surface area contributed by atoms with E-state index >= 15 is 9.59 Å². The van der Waals surface area contributed by atoms with E-state index in [0.717, 1.165) is 68.8 Å².